The minimum Gasteiger partial charge on any atom is -0.598 e. The molecule has 6 heteroatoms. The lowest BCUT2D eigenvalue weighted by atomic mass is 9.54. The van der Waals surface area contributed by atoms with Crippen LogP contribution < -0.4 is 0 Å². The van der Waals surface area contributed by atoms with Crippen molar-refractivity contribution in [3.05, 3.63) is 0 Å². The normalized spacial score (nSPS) is 35.9. The Hall–Kier alpha value is -0.460. The minimum atomic E-state index is -0.890. The van der Waals surface area contributed by atoms with Crippen molar-refractivity contribution < 1.29 is 14.1 Å². The number of nitrogens with zero attached hydrogens (tertiary/aromatic N) is 2. The first kappa shape index (κ1) is 18.9. The summed E-state index contributed by atoms with van der Waals surface area (Å²) in [4.78, 5) is 13.4. The van der Waals surface area contributed by atoms with Crippen LogP contribution in [-0.4, -0.2) is 57.9 Å². The highest BCUT2D eigenvalue weighted by Gasteiger charge is 2.60. The fraction of sp³-hybridized carbons (Fsp3) is 0.950. The van der Waals surface area contributed by atoms with Gasteiger partial charge in [0.05, 0.1) is 25.7 Å². The van der Waals surface area contributed by atoms with Gasteiger partial charge in [-0.3, -0.25) is 0 Å². The summed E-state index contributed by atoms with van der Waals surface area (Å²) in [5.41, 5.74) is 0.284. The molecule has 148 valence electrons. The molecule has 5 nitrogen and oxygen atoms in total. The Labute approximate surface area is 161 Å². The number of carbonyl (C=O) groups excluding carboxylic acids is 1. The molecular formula is C20H34N2O3S. The van der Waals surface area contributed by atoms with Crippen LogP contribution in [0.3, 0.4) is 0 Å². The third-order valence-corrected chi connectivity index (χ3v) is 9.53. The predicted octanol–water partition coefficient (Wildman–Crippen LogP) is 3.56. The van der Waals surface area contributed by atoms with E-state index in [0.717, 1.165) is 37.8 Å². The summed E-state index contributed by atoms with van der Waals surface area (Å²) in [6, 6.07) is 0. The Morgan fingerprint density at radius 2 is 1.73 bits per heavy atom. The minimum absolute atomic E-state index is 0.193. The highest BCUT2D eigenvalue weighted by atomic mass is 32.2. The molecule has 1 saturated heterocycles. The van der Waals surface area contributed by atoms with Crippen molar-refractivity contribution in [2.45, 2.75) is 75.5 Å². The van der Waals surface area contributed by atoms with E-state index in [4.69, 9.17) is 4.74 Å². The molecule has 3 aliphatic carbocycles. The first-order valence-corrected chi connectivity index (χ1v) is 11.5. The van der Waals surface area contributed by atoms with Gasteiger partial charge in [-0.25, -0.2) is 4.79 Å². The van der Waals surface area contributed by atoms with Crippen molar-refractivity contribution in [1.82, 2.24) is 9.21 Å². The summed E-state index contributed by atoms with van der Waals surface area (Å²) in [5.74, 6) is 1.93. The Bertz CT molecular complexity index is 531. The largest absolute Gasteiger partial charge is 0.598 e. The van der Waals surface area contributed by atoms with Crippen molar-refractivity contribution in [3.63, 3.8) is 0 Å². The molecule has 0 aromatic heterocycles. The molecule has 0 aromatic carbocycles. The van der Waals surface area contributed by atoms with Crippen LogP contribution in [0.15, 0.2) is 0 Å². The van der Waals surface area contributed by atoms with E-state index in [2.05, 4.69) is 11.2 Å². The standard InChI is InChI=1S/C20H34N2O3S/c1-19(21(2)18(23)25-3)11-17(12-19)26(24)22-13-20(14-22)9-16(10-20)15-7-5-4-6-8-15/h15-17H,4-14H2,1-3H3/t17-,19+,26?. The molecule has 1 spiro atoms. The van der Waals surface area contributed by atoms with Gasteiger partial charge in [-0.05, 0) is 31.6 Å². The molecule has 0 radical (unpaired) electrons. The van der Waals surface area contributed by atoms with Crippen LogP contribution in [0, 0.1) is 17.3 Å². The van der Waals surface area contributed by atoms with Crippen molar-refractivity contribution >= 4 is 17.5 Å². The summed E-state index contributed by atoms with van der Waals surface area (Å²) < 4.78 is 19.9. The lowest BCUT2D eigenvalue weighted by Gasteiger charge is -2.61. The fourth-order valence-electron chi connectivity index (χ4n) is 5.98. The van der Waals surface area contributed by atoms with Crippen molar-refractivity contribution in [1.29, 1.82) is 0 Å². The van der Waals surface area contributed by atoms with E-state index in [1.165, 1.54) is 52.1 Å². The number of amides is 1. The van der Waals surface area contributed by atoms with E-state index >= 15 is 0 Å². The predicted molar refractivity (Wildman–Crippen MR) is 103 cm³/mol. The van der Waals surface area contributed by atoms with Crippen molar-refractivity contribution in [2.75, 3.05) is 27.2 Å². The maximum Gasteiger partial charge on any atom is 0.409 e. The zero-order valence-electron chi connectivity index (χ0n) is 16.5. The monoisotopic (exact) mass is 382 g/mol. The molecule has 0 N–H and O–H groups in total. The van der Waals surface area contributed by atoms with Gasteiger partial charge in [0.1, 0.15) is 5.25 Å². The molecule has 3 saturated carbocycles. The van der Waals surface area contributed by atoms with Gasteiger partial charge in [0.15, 0.2) is 0 Å². The van der Waals surface area contributed by atoms with E-state index in [9.17, 15) is 9.35 Å². The van der Waals surface area contributed by atoms with Crippen LogP contribution in [0.25, 0.3) is 0 Å². The van der Waals surface area contributed by atoms with Gasteiger partial charge in [0.2, 0.25) is 0 Å². The molecule has 26 heavy (non-hydrogen) atoms. The number of methoxy groups -OCH3 is 1. The Morgan fingerprint density at radius 3 is 2.31 bits per heavy atom. The average Bonchev–Trinajstić information content (AvgIpc) is 2.55. The van der Waals surface area contributed by atoms with Crippen molar-refractivity contribution in [3.8, 4) is 0 Å². The van der Waals surface area contributed by atoms with Gasteiger partial charge in [-0.1, -0.05) is 32.1 Å². The molecule has 1 atom stereocenters. The Balaban J connectivity index is 1.20. The zero-order valence-corrected chi connectivity index (χ0v) is 17.4. The Kier molecular flexibility index (Phi) is 4.98. The smallest absolute Gasteiger partial charge is 0.409 e. The molecule has 1 heterocycles. The van der Waals surface area contributed by atoms with Crippen LogP contribution in [0.2, 0.25) is 0 Å². The second-order valence-electron chi connectivity index (χ2n) is 9.70. The number of hydrogen-bond donors (Lipinski definition) is 0. The highest BCUT2D eigenvalue weighted by molar-refractivity contribution is 7.89. The number of hydrogen-bond acceptors (Lipinski definition) is 4. The van der Waals surface area contributed by atoms with E-state index in [1.54, 1.807) is 11.9 Å². The first-order chi connectivity index (χ1) is 12.4. The van der Waals surface area contributed by atoms with Gasteiger partial charge >= 0.3 is 6.09 Å². The van der Waals surface area contributed by atoms with Crippen LogP contribution in [0.1, 0.15) is 64.7 Å². The van der Waals surface area contributed by atoms with Gasteiger partial charge in [0.25, 0.3) is 0 Å². The second-order valence-corrected chi connectivity index (χ2v) is 11.4. The summed E-state index contributed by atoms with van der Waals surface area (Å²) in [5, 5.41) is 0.193. The number of ether oxygens (including phenoxy) is 1. The molecule has 4 aliphatic rings. The van der Waals surface area contributed by atoms with Gasteiger partial charge in [-0.15, -0.1) is 4.31 Å². The molecule has 1 unspecified atom stereocenters. The number of rotatable bonds is 4. The van der Waals surface area contributed by atoms with Crippen LogP contribution >= 0.6 is 0 Å². The second kappa shape index (κ2) is 6.85. The highest BCUT2D eigenvalue weighted by Crippen LogP contribution is 2.57. The lowest BCUT2D eigenvalue weighted by Crippen LogP contribution is -2.68. The quantitative estimate of drug-likeness (QED) is 0.698. The molecular weight excluding hydrogens is 348 g/mol. The molecule has 1 amide bonds. The zero-order chi connectivity index (χ0) is 18.5. The van der Waals surface area contributed by atoms with Gasteiger partial charge in [-0.2, -0.15) is 0 Å². The van der Waals surface area contributed by atoms with E-state index in [-0.39, 0.29) is 16.9 Å². The van der Waals surface area contributed by atoms with Crippen molar-refractivity contribution in [2.24, 2.45) is 17.3 Å². The van der Waals surface area contributed by atoms with E-state index in [0.29, 0.717) is 5.41 Å². The average molecular weight is 383 g/mol. The molecule has 4 rings (SSSR count). The summed E-state index contributed by atoms with van der Waals surface area (Å²) in [7, 11) is 3.19. The first-order valence-electron chi connectivity index (χ1n) is 10.3. The Morgan fingerprint density at radius 1 is 1.12 bits per heavy atom. The van der Waals surface area contributed by atoms with Crippen LogP contribution in [0.4, 0.5) is 4.79 Å². The number of carbonyl (C=O) groups is 1. The molecule has 0 bridgehead atoms. The molecule has 4 fully saturated rings. The third kappa shape index (κ3) is 3.16. The topological polar surface area (TPSA) is 55.8 Å². The van der Waals surface area contributed by atoms with E-state index in [1.807, 2.05) is 0 Å². The molecule has 1 aliphatic heterocycles. The molecule has 0 aromatic rings. The van der Waals surface area contributed by atoms with E-state index < -0.39 is 11.4 Å². The summed E-state index contributed by atoms with van der Waals surface area (Å²) >= 11 is -0.890. The van der Waals surface area contributed by atoms with Gasteiger partial charge < -0.3 is 14.2 Å². The lowest BCUT2D eigenvalue weighted by molar-refractivity contribution is -0.0793. The third-order valence-electron chi connectivity index (χ3n) is 7.86. The summed E-state index contributed by atoms with van der Waals surface area (Å²) in [6.45, 7) is 4.13. The summed E-state index contributed by atoms with van der Waals surface area (Å²) in [6.07, 6.45) is 11.3. The maximum atomic E-state index is 12.9. The fourth-order valence-corrected chi connectivity index (χ4v) is 8.21. The van der Waals surface area contributed by atoms with Crippen LogP contribution in [0.5, 0.6) is 0 Å². The van der Waals surface area contributed by atoms with Gasteiger partial charge in [0, 0.05) is 36.7 Å². The SMILES string of the molecule is COC(=O)N(C)[C@]1(C)C[C@H]([S+]([O-])N2CC3(CC(C4CCCCC4)C3)C2)C1. The maximum absolute atomic E-state index is 12.9. The van der Waals surface area contributed by atoms with Crippen LogP contribution in [-0.2, 0) is 16.1 Å².